The summed E-state index contributed by atoms with van der Waals surface area (Å²) < 4.78 is 71.2. The second-order valence-electron chi connectivity index (χ2n) is 15.7. The predicted octanol–water partition coefficient (Wildman–Crippen LogP) is 5.23. The highest BCUT2D eigenvalue weighted by Crippen LogP contribution is 2.49. The number of ether oxygens (including phenoxy) is 4. The molecule has 0 spiro atoms. The van der Waals surface area contributed by atoms with Crippen molar-refractivity contribution in [2.24, 2.45) is 5.41 Å². The standard InChI is InChI=1S/C36H44F3N7O5/c1-18-14-21(25(38)27(40)24(18)37)28-26(39)29-23-31(43-33(42-29)49-17-36(8-9-36)16-44-10-12-48-13-11-44)45-15-20-6-7-22(30(45)19(2)50-32(23)41-28)46(20)34(47)51-35(3,4)5/h14,19-20,22,30H,6-13,15-17,40H2,1-5H3/t19-,20+,22-,30+/m0/s1. The largest absolute Gasteiger partial charge is 0.472 e. The number of pyridine rings is 1. The molecule has 0 unspecified atom stereocenters. The number of nitrogen functional groups attached to an aromatic ring is 1. The van der Waals surface area contributed by atoms with Gasteiger partial charge < -0.3 is 29.6 Å². The quantitative estimate of drug-likeness (QED) is 0.338. The number of nitrogens with two attached hydrogens (primary N) is 1. The number of halogens is 3. The molecule has 3 aromatic rings. The Morgan fingerprint density at radius 3 is 2.53 bits per heavy atom. The Morgan fingerprint density at radius 2 is 1.82 bits per heavy atom. The van der Waals surface area contributed by atoms with Crippen LogP contribution in [0.25, 0.3) is 22.2 Å². The summed E-state index contributed by atoms with van der Waals surface area (Å²) in [5.41, 5.74) is 3.40. The van der Waals surface area contributed by atoms with Crippen LogP contribution in [0.4, 0.5) is 29.5 Å². The van der Waals surface area contributed by atoms with E-state index < -0.39 is 52.7 Å². The molecule has 4 fully saturated rings. The van der Waals surface area contributed by atoms with Crippen molar-refractivity contribution >= 4 is 28.5 Å². The van der Waals surface area contributed by atoms with Crippen molar-refractivity contribution in [2.45, 2.75) is 90.1 Å². The van der Waals surface area contributed by atoms with Gasteiger partial charge in [0.2, 0.25) is 5.88 Å². The molecule has 4 atom stereocenters. The smallest absolute Gasteiger partial charge is 0.410 e. The third kappa shape index (κ3) is 5.95. The van der Waals surface area contributed by atoms with E-state index in [1.807, 2.05) is 27.7 Å². The molecule has 15 heteroatoms. The predicted molar refractivity (Wildman–Crippen MR) is 182 cm³/mol. The molecule has 274 valence electrons. The number of nitrogens with zero attached hydrogens (tertiary/aromatic N) is 6. The van der Waals surface area contributed by atoms with Gasteiger partial charge in [0.05, 0.1) is 37.9 Å². The molecule has 4 aliphatic heterocycles. The van der Waals surface area contributed by atoms with Crippen LogP contribution in [0.1, 0.15) is 58.9 Å². The minimum absolute atomic E-state index is 0.00419. The summed E-state index contributed by atoms with van der Waals surface area (Å²) in [7, 11) is 0. The summed E-state index contributed by atoms with van der Waals surface area (Å²) in [6.45, 7) is 13.4. The van der Waals surface area contributed by atoms with E-state index in [4.69, 9.17) is 29.7 Å². The first-order chi connectivity index (χ1) is 24.2. The molecule has 1 aliphatic carbocycles. The second kappa shape index (κ2) is 12.2. The van der Waals surface area contributed by atoms with Crippen LogP contribution in [0.5, 0.6) is 11.9 Å². The van der Waals surface area contributed by atoms with Crippen LogP contribution >= 0.6 is 0 Å². The number of aromatic nitrogens is 3. The van der Waals surface area contributed by atoms with Crippen molar-refractivity contribution in [1.29, 1.82) is 0 Å². The number of fused-ring (bicyclic) bond motifs is 5. The lowest BCUT2D eigenvalue weighted by molar-refractivity contribution is 0.000939. The van der Waals surface area contributed by atoms with Gasteiger partial charge in [0, 0.05) is 37.2 Å². The minimum Gasteiger partial charge on any atom is -0.472 e. The van der Waals surface area contributed by atoms with E-state index in [0.717, 1.165) is 38.9 Å². The number of rotatable bonds is 6. The first-order valence-corrected chi connectivity index (χ1v) is 17.8. The molecule has 2 aromatic heterocycles. The van der Waals surface area contributed by atoms with Gasteiger partial charge in [0.15, 0.2) is 17.5 Å². The Hall–Kier alpha value is -4.11. The SMILES string of the molecule is Cc1cc(-c2nc3c4c(nc(OCC5(CN6CCOCC6)CC5)nc4c2F)N2C[C@H]4CC[C@@H]([C@H]2[C@H](C)O3)N4C(=O)OC(C)(C)C)c(F)c(N)c1F. The Labute approximate surface area is 294 Å². The van der Waals surface area contributed by atoms with Gasteiger partial charge in [-0.05, 0) is 71.9 Å². The number of carbonyl (C=O) groups is 1. The summed E-state index contributed by atoms with van der Waals surface area (Å²) >= 11 is 0. The van der Waals surface area contributed by atoms with Crippen LogP contribution in [0.15, 0.2) is 6.07 Å². The zero-order valence-electron chi connectivity index (χ0n) is 29.6. The second-order valence-corrected chi connectivity index (χ2v) is 15.7. The Balaban J connectivity index is 1.23. The normalized spacial score (nSPS) is 25.3. The molecule has 1 aromatic carbocycles. The maximum atomic E-state index is 16.9. The highest BCUT2D eigenvalue weighted by atomic mass is 19.1. The molecule has 1 saturated carbocycles. The van der Waals surface area contributed by atoms with Gasteiger partial charge in [-0.1, -0.05) is 0 Å². The summed E-state index contributed by atoms with van der Waals surface area (Å²) in [4.78, 5) is 33.8. The number of hydrogen-bond acceptors (Lipinski definition) is 11. The lowest BCUT2D eigenvalue weighted by Crippen LogP contribution is -2.65. The molecule has 8 rings (SSSR count). The van der Waals surface area contributed by atoms with Crippen molar-refractivity contribution in [1.82, 2.24) is 24.8 Å². The van der Waals surface area contributed by atoms with Gasteiger partial charge >= 0.3 is 12.1 Å². The summed E-state index contributed by atoms with van der Waals surface area (Å²) in [6, 6.07) is 0.233. The van der Waals surface area contributed by atoms with E-state index >= 15 is 8.78 Å². The molecule has 0 radical (unpaired) electrons. The third-order valence-corrected chi connectivity index (χ3v) is 10.9. The van der Waals surface area contributed by atoms with Gasteiger partial charge in [-0.25, -0.2) is 22.9 Å². The molecule has 6 heterocycles. The van der Waals surface area contributed by atoms with E-state index in [0.29, 0.717) is 38.6 Å². The van der Waals surface area contributed by atoms with E-state index in [2.05, 4.69) is 19.8 Å². The van der Waals surface area contributed by atoms with Gasteiger partial charge in [0.25, 0.3) is 0 Å². The minimum atomic E-state index is -1.13. The van der Waals surface area contributed by atoms with E-state index in [-0.39, 0.29) is 51.4 Å². The highest BCUT2D eigenvalue weighted by molar-refractivity contribution is 5.97. The number of anilines is 2. The van der Waals surface area contributed by atoms with Gasteiger partial charge in [0.1, 0.15) is 39.8 Å². The number of carbonyl (C=O) groups excluding carboxylic acids is 1. The van der Waals surface area contributed by atoms with E-state index in [1.54, 1.807) is 4.90 Å². The Kier molecular flexibility index (Phi) is 8.17. The number of hydrogen-bond donors (Lipinski definition) is 1. The Morgan fingerprint density at radius 1 is 1.08 bits per heavy atom. The molecule has 2 bridgehead atoms. The summed E-state index contributed by atoms with van der Waals surface area (Å²) in [6.07, 6.45) is 2.41. The van der Waals surface area contributed by atoms with Crippen molar-refractivity contribution in [3.63, 3.8) is 0 Å². The fourth-order valence-electron chi connectivity index (χ4n) is 8.21. The zero-order chi connectivity index (χ0) is 36.0. The van der Waals surface area contributed by atoms with Crippen molar-refractivity contribution < 1.29 is 36.9 Å². The van der Waals surface area contributed by atoms with Crippen LogP contribution in [0.3, 0.4) is 0 Å². The van der Waals surface area contributed by atoms with E-state index in [1.165, 1.54) is 13.0 Å². The maximum absolute atomic E-state index is 16.9. The van der Waals surface area contributed by atoms with E-state index in [9.17, 15) is 9.18 Å². The molecule has 51 heavy (non-hydrogen) atoms. The number of piperazine rings is 1. The number of benzene rings is 1. The molecule has 1 amide bonds. The lowest BCUT2D eigenvalue weighted by atomic mass is 9.98. The number of amides is 1. The fourth-order valence-corrected chi connectivity index (χ4v) is 8.21. The topological polar surface area (TPSA) is 128 Å². The average molecular weight is 712 g/mol. The molecular formula is C36H44F3N7O5. The first-order valence-electron chi connectivity index (χ1n) is 17.8. The first kappa shape index (κ1) is 34.0. The molecule has 12 nitrogen and oxygen atoms in total. The van der Waals surface area contributed by atoms with Crippen LogP contribution in [-0.4, -0.2) is 107 Å². The summed E-state index contributed by atoms with van der Waals surface area (Å²) in [5.74, 6) is -2.63. The van der Waals surface area contributed by atoms with Gasteiger partial charge in [-0.15, -0.1) is 0 Å². The Bertz CT molecular complexity index is 1900. The van der Waals surface area contributed by atoms with Crippen molar-refractivity contribution in [2.75, 3.05) is 56.6 Å². The van der Waals surface area contributed by atoms with Crippen LogP contribution in [0.2, 0.25) is 0 Å². The molecule has 2 N–H and O–H groups in total. The van der Waals surface area contributed by atoms with Crippen molar-refractivity contribution in [3.05, 3.63) is 29.1 Å². The van der Waals surface area contributed by atoms with Gasteiger partial charge in [-0.2, -0.15) is 9.97 Å². The highest BCUT2D eigenvalue weighted by Gasteiger charge is 2.54. The third-order valence-electron chi connectivity index (χ3n) is 10.9. The van der Waals surface area contributed by atoms with Crippen LogP contribution in [0, 0.1) is 29.8 Å². The molecule has 3 saturated heterocycles. The van der Waals surface area contributed by atoms with Gasteiger partial charge in [-0.3, -0.25) is 9.80 Å². The monoisotopic (exact) mass is 711 g/mol. The summed E-state index contributed by atoms with van der Waals surface area (Å²) in [5, 5.41) is 0.213. The lowest BCUT2D eigenvalue weighted by Gasteiger charge is -2.48. The van der Waals surface area contributed by atoms with Crippen LogP contribution in [-0.2, 0) is 9.47 Å². The maximum Gasteiger partial charge on any atom is 0.410 e. The number of morpholine rings is 1. The molecular weight excluding hydrogens is 667 g/mol. The van der Waals surface area contributed by atoms with Crippen LogP contribution < -0.4 is 20.1 Å². The average Bonchev–Trinajstić information content (AvgIpc) is 3.80. The fraction of sp³-hybridized carbons (Fsp3) is 0.611. The number of aryl methyl sites for hydroxylation is 1. The van der Waals surface area contributed by atoms with Crippen molar-refractivity contribution in [3.8, 4) is 23.1 Å². The zero-order valence-corrected chi connectivity index (χ0v) is 29.6. The molecule has 5 aliphatic rings.